The fourth-order valence-electron chi connectivity index (χ4n) is 2.60. The van der Waals surface area contributed by atoms with Gasteiger partial charge in [0.25, 0.3) is 0 Å². The molecule has 0 unspecified atom stereocenters. The van der Waals surface area contributed by atoms with E-state index in [9.17, 15) is 9.18 Å². The normalized spacial score (nSPS) is 11.6. The van der Waals surface area contributed by atoms with Crippen molar-refractivity contribution < 1.29 is 13.9 Å². The van der Waals surface area contributed by atoms with Crippen LogP contribution in [0.2, 0.25) is 0 Å². The predicted octanol–water partition coefficient (Wildman–Crippen LogP) is 5.70. The minimum absolute atomic E-state index is 0.311. The Morgan fingerprint density at radius 2 is 2.04 bits per heavy atom. The Morgan fingerprint density at radius 1 is 1.27 bits per heavy atom. The number of fused-ring (bicyclic) bond motifs is 1. The number of benzene rings is 2. The summed E-state index contributed by atoms with van der Waals surface area (Å²) in [6, 6.07) is 8.57. The van der Waals surface area contributed by atoms with Gasteiger partial charge in [-0.1, -0.05) is 13.0 Å². The lowest BCUT2D eigenvalue weighted by atomic mass is 10.1. The lowest BCUT2D eigenvalue weighted by Crippen LogP contribution is -2.24. The second-order valence-electron chi connectivity index (χ2n) is 7.02. The number of carbonyl (C=O) groups is 1. The van der Waals surface area contributed by atoms with Gasteiger partial charge in [-0.05, 0) is 68.6 Å². The molecule has 1 heterocycles. The van der Waals surface area contributed by atoms with Crippen molar-refractivity contribution in [2.24, 2.45) is 0 Å². The molecule has 1 N–H and O–H groups in total. The zero-order valence-electron chi connectivity index (χ0n) is 15.2. The van der Waals surface area contributed by atoms with Gasteiger partial charge in [0.15, 0.2) is 0 Å². The summed E-state index contributed by atoms with van der Waals surface area (Å²) in [7, 11) is 0. The van der Waals surface area contributed by atoms with Crippen LogP contribution in [0.25, 0.3) is 10.1 Å². The first kappa shape index (κ1) is 18.3. The van der Waals surface area contributed by atoms with Crippen LogP contribution in [0.15, 0.2) is 36.5 Å². The van der Waals surface area contributed by atoms with E-state index < -0.39 is 11.6 Å². The molecule has 0 radical (unpaired) electrons. The summed E-state index contributed by atoms with van der Waals surface area (Å²) in [6.45, 7) is 7.41. The molecule has 136 valence electrons. The Morgan fingerprint density at radius 3 is 2.69 bits per heavy atom. The van der Waals surface area contributed by atoms with Gasteiger partial charge >= 0.3 is 5.97 Å². The third kappa shape index (κ3) is 3.85. The van der Waals surface area contributed by atoms with Gasteiger partial charge in [-0.3, -0.25) is 0 Å². The third-order valence-electron chi connectivity index (χ3n) is 3.86. The predicted molar refractivity (Wildman–Crippen MR) is 104 cm³/mol. The number of aryl methyl sites for hydroxylation is 1. The number of carbonyl (C=O) groups excluding carboxylic acids is 1. The lowest BCUT2D eigenvalue weighted by Gasteiger charge is -2.21. The molecular formula is C20H21FN2O2S. The highest BCUT2D eigenvalue weighted by molar-refractivity contribution is 7.13. The zero-order chi connectivity index (χ0) is 18.9. The Labute approximate surface area is 156 Å². The van der Waals surface area contributed by atoms with Crippen LogP contribution in [0.3, 0.4) is 0 Å². The summed E-state index contributed by atoms with van der Waals surface area (Å²) in [5, 5.41) is 3.84. The molecule has 0 atom stereocenters. The van der Waals surface area contributed by atoms with Crippen LogP contribution in [-0.2, 0) is 11.2 Å². The molecule has 1 aromatic heterocycles. The standard InChI is InChI=1S/C20H21FN2O2S/c1-5-12-6-8-16(15(21)10-12)23-18-13(19(24)25-20(2,3)4)7-9-17-14(18)11-22-26-17/h6-11,23H,5H2,1-4H3. The minimum atomic E-state index is -0.621. The summed E-state index contributed by atoms with van der Waals surface area (Å²) in [4.78, 5) is 12.6. The first-order valence-corrected chi connectivity index (χ1v) is 9.22. The maximum atomic E-state index is 14.5. The number of nitrogens with zero attached hydrogens (tertiary/aromatic N) is 1. The van der Waals surface area contributed by atoms with E-state index in [1.54, 1.807) is 18.3 Å². The van der Waals surface area contributed by atoms with Crippen LogP contribution in [0.4, 0.5) is 15.8 Å². The van der Waals surface area contributed by atoms with Crippen LogP contribution in [0.5, 0.6) is 0 Å². The van der Waals surface area contributed by atoms with Crippen molar-refractivity contribution in [3.05, 3.63) is 53.5 Å². The van der Waals surface area contributed by atoms with Crippen molar-refractivity contribution in [1.82, 2.24) is 4.37 Å². The number of halogens is 1. The molecule has 0 bridgehead atoms. The molecule has 0 aliphatic heterocycles. The Balaban J connectivity index is 2.07. The smallest absolute Gasteiger partial charge is 0.340 e. The van der Waals surface area contributed by atoms with Crippen molar-refractivity contribution in [3.63, 3.8) is 0 Å². The van der Waals surface area contributed by atoms with Gasteiger partial charge in [-0.2, -0.15) is 4.37 Å². The fourth-order valence-corrected chi connectivity index (χ4v) is 3.25. The Kier molecular flexibility index (Phi) is 4.96. The van der Waals surface area contributed by atoms with Gasteiger partial charge in [-0.15, -0.1) is 0 Å². The van der Waals surface area contributed by atoms with Crippen molar-refractivity contribution in [3.8, 4) is 0 Å². The number of rotatable bonds is 4. The average Bonchev–Trinajstić information content (AvgIpc) is 3.04. The minimum Gasteiger partial charge on any atom is -0.456 e. The maximum Gasteiger partial charge on any atom is 0.340 e. The van der Waals surface area contributed by atoms with Gasteiger partial charge in [0.1, 0.15) is 11.4 Å². The number of ether oxygens (including phenoxy) is 1. The van der Waals surface area contributed by atoms with E-state index in [2.05, 4.69) is 9.69 Å². The summed E-state index contributed by atoms with van der Waals surface area (Å²) < 4.78 is 25.1. The van der Waals surface area contributed by atoms with E-state index >= 15 is 0 Å². The van der Waals surface area contributed by atoms with Crippen LogP contribution < -0.4 is 5.32 Å². The number of esters is 1. The van der Waals surface area contributed by atoms with Crippen LogP contribution in [0, 0.1) is 5.82 Å². The lowest BCUT2D eigenvalue weighted by molar-refractivity contribution is 0.00709. The quantitative estimate of drug-likeness (QED) is 0.597. The molecular weight excluding hydrogens is 351 g/mol. The molecule has 2 aromatic carbocycles. The molecule has 0 saturated heterocycles. The fraction of sp³-hybridized carbons (Fsp3) is 0.300. The van der Waals surface area contributed by atoms with Crippen LogP contribution in [0.1, 0.15) is 43.6 Å². The van der Waals surface area contributed by atoms with Crippen LogP contribution in [-0.4, -0.2) is 15.9 Å². The number of hydrogen-bond donors (Lipinski definition) is 1. The second-order valence-corrected chi connectivity index (χ2v) is 7.85. The molecule has 4 nitrogen and oxygen atoms in total. The molecule has 0 amide bonds. The number of aromatic nitrogens is 1. The number of hydrogen-bond acceptors (Lipinski definition) is 5. The zero-order valence-corrected chi connectivity index (χ0v) is 16.0. The van der Waals surface area contributed by atoms with Gasteiger partial charge in [-0.25, -0.2) is 9.18 Å². The Bertz CT molecular complexity index is 960. The van der Waals surface area contributed by atoms with Crippen LogP contribution >= 0.6 is 11.5 Å². The van der Waals surface area contributed by atoms with Crippen molar-refractivity contribution in [2.45, 2.75) is 39.7 Å². The van der Waals surface area contributed by atoms with Crippen molar-refractivity contribution in [2.75, 3.05) is 5.32 Å². The molecule has 3 rings (SSSR count). The summed E-state index contributed by atoms with van der Waals surface area (Å²) in [5.41, 5.74) is 1.46. The largest absolute Gasteiger partial charge is 0.456 e. The van der Waals surface area contributed by atoms with Gasteiger partial charge < -0.3 is 10.1 Å². The first-order chi connectivity index (χ1) is 12.3. The van der Waals surface area contributed by atoms with Gasteiger partial charge in [0, 0.05) is 5.39 Å². The monoisotopic (exact) mass is 372 g/mol. The van der Waals surface area contributed by atoms with Gasteiger partial charge in [0.05, 0.1) is 27.8 Å². The highest BCUT2D eigenvalue weighted by Crippen LogP contribution is 2.34. The first-order valence-electron chi connectivity index (χ1n) is 8.44. The molecule has 0 saturated carbocycles. The molecule has 0 fully saturated rings. The molecule has 0 aliphatic rings. The SMILES string of the molecule is CCc1ccc(Nc2c(C(=O)OC(C)(C)C)ccc3sncc23)c(F)c1. The number of anilines is 2. The second kappa shape index (κ2) is 7.03. The van der Waals surface area contributed by atoms with E-state index in [1.807, 2.05) is 39.8 Å². The molecule has 0 spiro atoms. The molecule has 6 heteroatoms. The molecule has 3 aromatic rings. The maximum absolute atomic E-state index is 14.5. The van der Waals surface area contributed by atoms with E-state index in [1.165, 1.54) is 17.6 Å². The summed E-state index contributed by atoms with van der Waals surface area (Å²) in [6.07, 6.45) is 2.43. The average molecular weight is 372 g/mol. The topological polar surface area (TPSA) is 51.2 Å². The van der Waals surface area contributed by atoms with Crippen molar-refractivity contribution in [1.29, 1.82) is 0 Å². The third-order valence-corrected chi connectivity index (χ3v) is 4.62. The van der Waals surface area contributed by atoms with Crippen molar-refractivity contribution >= 4 is 39.0 Å². The number of nitrogens with one attached hydrogen (secondary N) is 1. The van der Waals surface area contributed by atoms with E-state index in [-0.39, 0.29) is 5.82 Å². The summed E-state index contributed by atoms with van der Waals surface area (Å²) >= 11 is 1.32. The Hall–Kier alpha value is -2.47. The highest BCUT2D eigenvalue weighted by atomic mass is 32.1. The van der Waals surface area contributed by atoms with Gasteiger partial charge in [0.2, 0.25) is 0 Å². The summed E-state index contributed by atoms with van der Waals surface area (Å²) in [5.74, 6) is -0.821. The van der Waals surface area contributed by atoms with E-state index in [0.717, 1.165) is 22.1 Å². The van der Waals surface area contributed by atoms with E-state index in [0.29, 0.717) is 16.9 Å². The molecule has 0 aliphatic carbocycles. The van der Waals surface area contributed by atoms with E-state index in [4.69, 9.17) is 4.74 Å². The highest BCUT2D eigenvalue weighted by Gasteiger charge is 2.23. The molecule has 26 heavy (non-hydrogen) atoms.